The molecule has 0 saturated heterocycles. The summed E-state index contributed by atoms with van der Waals surface area (Å²) in [5.41, 5.74) is 2.25. The molecule has 0 radical (unpaired) electrons. The van der Waals surface area contributed by atoms with Gasteiger partial charge in [-0.3, -0.25) is 4.79 Å². The van der Waals surface area contributed by atoms with Crippen LogP contribution < -0.4 is 10.1 Å². The van der Waals surface area contributed by atoms with Crippen LogP contribution in [0.5, 0.6) is 5.75 Å². The summed E-state index contributed by atoms with van der Waals surface area (Å²) in [4.78, 5) is 26.4. The lowest BCUT2D eigenvalue weighted by molar-refractivity contribution is 0.0531. The Morgan fingerprint density at radius 2 is 1.94 bits per heavy atom. The summed E-state index contributed by atoms with van der Waals surface area (Å²) in [6.07, 6.45) is 0.485. The molecule has 2 amide bonds. The smallest absolute Gasteiger partial charge is 0.407 e. The second-order valence-electron chi connectivity index (χ2n) is 9.31. The van der Waals surface area contributed by atoms with Crippen molar-refractivity contribution in [1.82, 2.24) is 10.2 Å². The van der Waals surface area contributed by atoms with Crippen LogP contribution in [0.25, 0.3) is 0 Å². The third kappa shape index (κ3) is 8.40. The number of alkyl carbamates (subject to hydrolysis) is 1. The standard InChI is InChI=1S/C27H33FN2O5/c1-27(2,3)35-26(32)29-17-21(16-28)19-34-23-9-10-24-22(15-23)11-12-30(25(24)31)13-14-33-18-20-7-5-4-6-8-20/h4-10,15-16H,11-14,17-19H2,1-3H3,(H,29,32)/b21-16+. The maximum absolute atomic E-state index is 13.2. The normalized spacial score (nSPS) is 13.9. The SMILES string of the molecule is CC(C)(C)OC(=O)NC/C(=C\F)COc1ccc2c(c1)CCN(CCOCc1ccccc1)C2=O. The highest BCUT2D eigenvalue weighted by Gasteiger charge is 2.24. The van der Waals surface area contributed by atoms with Crippen molar-refractivity contribution in [1.29, 1.82) is 0 Å². The van der Waals surface area contributed by atoms with Crippen LogP contribution in [0.2, 0.25) is 0 Å². The number of hydrogen-bond acceptors (Lipinski definition) is 5. The summed E-state index contributed by atoms with van der Waals surface area (Å²) < 4.78 is 29.8. The zero-order chi connectivity index (χ0) is 25.3. The minimum atomic E-state index is -0.633. The second kappa shape index (κ2) is 12.4. The Labute approximate surface area is 205 Å². The molecule has 0 aromatic heterocycles. The Kier molecular flexibility index (Phi) is 9.25. The summed E-state index contributed by atoms with van der Waals surface area (Å²) in [5.74, 6) is 0.500. The molecule has 188 valence electrons. The summed E-state index contributed by atoms with van der Waals surface area (Å²) in [6, 6.07) is 15.2. The molecule has 7 nitrogen and oxygen atoms in total. The molecule has 2 aromatic carbocycles. The van der Waals surface area contributed by atoms with Gasteiger partial charge in [0, 0.05) is 30.8 Å². The lowest BCUT2D eigenvalue weighted by Gasteiger charge is -2.28. The number of amides is 2. The number of nitrogens with zero attached hydrogens (tertiary/aromatic N) is 1. The van der Waals surface area contributed by atoms with Gasteiger partial charge < -0.3 is 24.4 Å². The molecule has 1 aliphatic rings. The van der Waals surface area contributed by atoms with E-state index in [0.717, 1.165) is 11.1 Å². The average Bonchev–Trinajstić information content (AvgIpc) is 2.82. The van der Waals surface area contributed by atoms with E-state index in [1.165, 1.54) is 0 Å². The van der Waals surface area contributed by atoms with E-state index in [0.29, 0.717) is 50.4 Å². The molecule has 0 fully saturated rings. The minimum Gasteiger partial charge on any atom is -0.489 e. The van der Waals surface area contributed by atoms with Crippen LogP contribution in [0.4, 0.5) is 9.18 Å². The molecule has 0 atom stereocenters. The zero-order valence-electron chi connectivity index (χ0n) is 20.5. The highest BCUT2D eigenvalue weighted by molar-refractivity contribution is 5.97. The molecule has 2 aromatic rings. The van der Waals surface area contributed by atoms with E-state index in [2.05, 4.69) is 5.32 Å². The van der Waals surface area contributed by atoms with E-state index in [-0.39, 0.29) is 24.6 Å². The van der Waals surface area contributed by atoms with Gasteiger partial charge in [0.25, 0.3) is 5.91 Å². The first-order valence-electron chi connectivity index (χ1n) is 11.7. The minimum absolute atomic E-state index is 0.0316. The van der Waals surface area contributed by atoms with Crippen LogP contribution in [0.3, 0.4) is 0 Å². The number of hydrogen-bond donors (Lipinski definition) is 1. The number of carbonyl (C=O) groups is 2. The summed E-state index contributed by atoms with van der Waals surface area (Å²) in [5, 5.41) is 2.51. The topological polar surface area (TPSA) is 77.1 Å². The van der Waals surface area contributed by atoms with E-state index in [4.69, 9.17) is 14.2 Å². The maximum atomic E-state index is 13.2. The van der Waals surface area contributed by atoms with Crippen molar-refractivity contribution in [3.05, 3.63) is 77.1 Å². The predicted molar refractivity (Wildman–Crippen MR) is 131 cm³/mol. The largest absolute Gasteiger partial charge is 0.489 e. The van der Waals surface area contributed by atoms with Crippen LogP contribution in [0, 0.1) is 0 Å². The first-order valence-corrected chi connectivity index (χ1v) is 11.7. The lowest BCUT2D eigenvalue weighted by Crippen LogP contribution is -2.39. The molecule has 1 heterocycles. The molecule has 1 aliphatic heterocycles. The van der Waals surface area contributed by atoms with Crippen LogP contribution in [-0.4, -0.2) is 55.3 Å². The number of nitrogens with one attached hydrogen (secondary N) is 1. The van der Waals surface area contributed by atoms with Gasteiger partial charge in [-0.2, -0.15) is 0 Å². The van der Waals surface area contributed by atoms with Gasteiger partial charge in [-0.15, -0.1) is 0 Å². The zero-order valence-corrected chi connectivity index (χ0v) is 20.5. The molecule has 0 aliphatic carbocycles. The quantitative estimate of drug-likeness (QED) is 0.497. The van der Waals surface area contributed by atoms with Crippen molar-refractivity contribution in [3.8, 4) is 5.75 Å². The van der Waals surface area contributed by atoms with E-state index < -0.39 is 11.7 Å². The van der Waals surface area contributed by atoms with Crippen LogP contribution in [0.1, 0.15) is 42.3 Å². The highest BCUT2D eigenvalue weighted by atomic mass is 19.1. The van der Waals surface area contributed by atoms with Gasteiger partial charge in [0.15, 0.2) is 0 Å². The van der Waals surface area contributed by atoms with Gasteiger partial charge >= 0.3 is 6.09 Å². The Morgan fingerprint density at radius 1 is 1.17 bits per heavy atom. The monoisotopic (exact) mass is 484 g/mol. The van der Waals surface area contributed by atoms with Crippen LogP contribution in [-0.2, 0) is 22.5 Å². The van der Waals surface area contributed by atoms with Gasteiger partial charge in [-0.1, -0.05) is 30.3 Å². The van der Waals surface area contributed by atoms with Crippen LogP contribution in [0.15, 0.2) is 60.4 Å². The Bertz CT molecular complexity index is 1030. The summed E-state index contributed by atoms with van der Waals surface area (Å²) in [7, 11) is 0. The first-order chi connectivity index (χ1) is 16.7. The molecular formula is C27H33FN2O5. The first kappa shape index (κ1) is 26.2. The van der Waals surface area contributed by atoms with Gasteiger partial charge in [-0.25, -0.2) is 9.18 Å². The second-order valence-corrected chi connectivity index (χ2v) is 9.31. The predicted octanol–water partition coefficient (Wildman–Crippen LogP) is 4.66. The molecule has 0 bridgehead atoms. The van der Waals surface area contributed by atoms with Crippen molar-refractivity contribution in [2.24, 2.45) is 0 Å². The molecule has 0 saturated carbocycles. The highest BCUT2D eigenvalue weighted by Crippen LogP contribution is 2.24. The molecule has 0 spiro atoms. The molecule has 0 unspecified atom stereocenters. The van der Waals surface area contributed by atoms with E-state index in [1.54, 1.807) is 37.8 Å². The Morgan fingerprint density at radius 3 is 2.66 bits per heavy atom. The fourth-order valence-electron chi connectivity index (χ4n) is 3.55. The molecular weight excluding hydrogens is 451 g/mol. The van der Waals surface area contributed by atoms with Gasteiger partial charge in [0.1, 0.15) is 18.0 Å². The molecule has 1 N–H and O–H groups in total. The van der Waals surface area contributed by atoms with Gasteiger partial charge in [0.05, 0.1) is 19.5 Å². The maximum Gasteiger partial charge on any atom is 0.407 e. The lowest BCUT2D eigenvalue weighted by atomic mass is 9.98. The fraction of sp³-hybridized carbons (Fsp3) is 0.407. The van der Waals surface area contributed by atoms with Crippen molar-refractivity contribution in [2.45, 2.75) is 39.4 Å². The van der Waals surface area contributed by atoms with Crippen molar-refractivity contribution < 1.29 is 28.2 Å². The van der Waals surface area contributed by atoms with E-state index in [1.807, 2.05) is 36.4 Å². The molecule has 35 heavy (non-hydrogen) atoms. The van der Waals surface area contributed by atoms with Crippen molar-refractivity contribution >= 4 is 12.0 Å². The Hall–Kier alpha value is -3.39. The molecule has 3 rings (SSSR count). The van der Waals surface area contributed by atoms with Gasteiger partial charge in [0.2, 0.25) is 0 Å². The number of fused-ring (bicyclic) bond motifs is 1. The average molecular weight is 485 g/mol. The Balaban J connectivity index is 1.45. The third-order valence-electron chi connectivity index (χ3n) is 5.30. The third-order valence-corrected chi connectivity index (χ3v) is 5.30. The number of rotatable bonds is 10. The summed E-state index contributed by atoms with van der Waals surface area (Å²) in [6.45, 7) is 7.29. The van der Waals surface area contributed by atoms with Gasteiger partial charge in [-0.05, 0) is 56.5 Å². The molecule has 8 heteroatoms. The fourth-order valence-corrected chi connectivity index (χ4v) is 3.55. The summed E-state index contributed by atoms with van der Waals surface area (Å²) >= 11 is 0. The number of halogens is 1. The number of ether oxygens (including phenoxy) is 3. The van der Waals surface area contributed by atoms with Crippen molar-refractivity contribution in [3.63, 3.8) is 0 Å². The number of benzene rings is 2. The van der Waals surface area contributed by atoms with E-state index in [9.17, 15) is 14.0 Å². The van der Waals surface area contributed by atoms with Crippen molar-refractivity contribution in [2.75, 3.05) is 32.8 Å². The van der Waals surface area contributed by atoms with Crippen LogP contribution >= 0.6 is 0 Å². The van der Waals surface area contributed by atoms with E-state index >= 15 is 0 Å². The number of carbonyl (C=O) groups excluding carboxylic acids is 2.